The van der Waals surface area contributed by atoms with Gasteiger partial charge in [0.15, 0.2) is 0 Å². The van der Waals surface area contributed by atoms with Gasteiger partial charge in [0.2, 0.25) is 0 Å². The molecule has 2 rings (SSSR count). The Labute approximate surface area is 128 Å². The highest BCUT2D eigenvalue weighted by Crippen LogP contribution is 2.23. The fourth-order valence-electron chi connectivity index (χ4n) is 2.69. The van der Waals surface area contributed by atoms with E-state index < -0.39 is 0 Å². The van der Waals surface area contributed by atoms with Crippen molar-refractivity contribution in [3.8, 4) is 0 Å². The lowest BCUT2D eigenvalue weighted by Crippen LogP contribution is -2.33. The van der Waals surface area contributed by atoms with E-state index >= 15 is 0 Å². The molecule has 0 spiro atoms. The third-order valence-corrected chi connectivity index (χ3v) is 4.31. The average molecular weight is 289 g/mol. The largest absolute Gasteiger partial charge is 0.371 e. The van der Waals surface area contributed by atoms with Crippen LogP contribution in [0.25, 0.3) is 0 Å². The topological polar surface area (TPSA) is 36.4 Å². The smallest absolute Gasteiger partial charge is 0.272 e. The van der Waals surface area contributed by atoms with Crippen molar-refractivity contribution in [2.75, 3.05) is 31.6 Å². The quantitative estimate of drug-likeness (QED) is 0.835. The zero-order valence-electron chi connectivity index (χ0n) is 13.5. The van der Waals surface area contributed by atoms with Crippen molar-refractivity contribution in [1.29, 1.82) is 0 Å². The summed E-state index contributed by atoms with van der Waals surface area (Å²) < 4.78 is 0. The summed E-state index contributed by atoms with van der Waals surface area (Å²) in [5, 5.41) is 0. The van der Waals surface area contributed by atoms with Crippen LogP contribution in [-0.2, 0) is 0 Å². The molecule has 0 aromatic carbocycles. The molecule has 2 heterocycles. The molecule has 0 bridgehead atoms. The average Bonchev–Trinajstić information content (AvgIpc) is 2.52. The van der Waals surface area contributed by atoms with Crippen LogP contribution >= 0.6 is 0 Å². The summed E-state index contributed by atoms with van der Waals surface area (Å²) in [5.41, 5.74) is 1.69. The molecule has 0 aliphatic carbocycles. The highest BCUT2D eigenvalue weighted by atomic mass is 16.2. The maximum atomic E-state index is 12.4. The number of unbranched alkanes of at least 4 members (excludes halogenated alkanes) is 1. The first kappa shape index (κ1) is 15.8. The SMILES string of the molecule is CCCCN(C)C(=O)c1cc(N2CCC(C)CC2)ccn1. The molecule has 1 aliphatic heterocycles. The van der Waals surface area contributed by atoms with E-state index in [1.165, 1.54) is 12.8 Å². The van der Waals surface area contributed by atoms with Gasteiger partial charge in [0.25, 0.3) is 5.91 Å². The number of nitrogens with zero attached hydrogens (tertiary/aromatic N) is 3. The molecule has 116 valence electrons. The molecule has 0 radical (unpaired) electrons. The number of rotatable bonds is 5. The minimum absolute atomic E-state index is 0.0238. The summed E-state index contributed by atoms with van der Waals surface area (Å²) in [6.07, 6.45) is 6.33. The number of pyridine rings is 1. The number of hydrogen-bond donors (Lipinski definition) is 0. The predicted octanol–water partition coefficient (Wildman–Crippen LogP) is 3.19. The molecule has 0 N–H and O–H groups in total. The third-order valence-electron chi connectivity index (χ3n) is 4.31. The first-order valence-electron chi connectivity index (χ1n) is 8.08. The van der Waals surface area contributed by atoms with Gasteiger partial charge in [-0.2, -0.15) is 0 Å². The first-order chi connectivity index (χ1) is 10.1. The Kier molecular flexibility index (Phi) is 5.59. The second kappa shape index (κ2) is 7.43. The number of piperidine rings is 1. The lowest BCUT2D eigenvalue weighted by atomic mass is 9.99. The minimum Gasteiger partial charge on any atom is -0.371 e. The molecular weight excluding hydrogens is 262 g/mol. The number of amides is 1. The molecule has 1 amide bonds. The predicted molar refractivity (Wildman–Crippen MR) is 86.7 cm³/mol. The molecular formula is C17H27N3O. The molecule has 4 nitrogen and oxygen atoms in total. The van der Waals surface area contributed by atoms with Crippen molar-refractivity contribution in [2.45, 2.75) is 39.5 Å². The van der Waals surface area contributed by atoms with Crippen molar-refractivity contribution in [2.24, 2.45) is 5.92 Å². The van der Waals surface area contributed by atoms with Gasteiger partial charge in [-0.1, -0.05) is 20.3 Å². The van der Waals surface area contributed by atoms with Crippen LogP contribution in [0, 0.1) is 5.92 Å². The van der Waals surface area contributed by atoms with Crippen LogP contribution in [0.5, 0.6) is 0 Å². The van der Waals surface area contributed by atoms with Gasteiger partial charge < -0.3 is 9.80 Å². The second-order valence-electron chi connectivity index (χ2n) is 6.15. The lowest BCUT2D eigenvalue weighted by molar-refractivity contribution is 0.0787. The van der Waals surface area contributed by atoms with Crippen LogP contribution in [0.4, 0.5) is 5.69 Å². The fourth-order valence-corrected chi connectivity index (χ4v) is 2.69. The van der Waals surface area contributed by atoms with Gasteiger partial charge in [-0.25, -0.2) is 0 Å². The summed E-state index contributed by atoms with van der Waals surface area (Å²) in [7, 11) is 1.86. The van der Waals surface area contributed by atoms with Crippen LogP contribution in [0.2, 0.25) is 0 Å². The molecule has 1 aliphatic rings. The lowest BCUT2D eigenvalue weighted by Gasteiger charge is -2.32. The normalized spacial score (nSPS) is 16.0. The van der Waals surface area contributed by atoms with Gasteiger partial charge in [0.1, 0.15) is 5.69 Å². The van der Waals surface area contributed by atoms with E-state index in [2.05, 4.69) is 23.7 Å². The Balaban J connectivity index is 2.05. The van der Waals surface area contributed by atoms with Gasteiger partial charge in [-0.15, -0.1) is 0 Å². The summed E-state index contributed by atoms with van der Waals surface area (Å²) in [6, 6.07) is 3.96. The highest BCUT2D eigenvalue weighted by Gasteiger charge is 2.18. The number of anilines is 1. The Morgan fingerprint density at radius 2 is 2.14 bits per heavy atom. The van der Waals surface area contributed by atoms with E-state index in [1.54, 1.807) is 11.1 Å². The zero-order chi connectivity index (χ0) is 15.2. The maximum Gasteiger partial charge on any atom is 0.272 e. The van der Waals surface area contributed by atoms with Gasteiger partial charge in [-0.05, 0) is 37.3 Å². The number of aromatic nitrogens is 1. The zero-order valence-corrected chi connectivity index (χ0v) is 13.5. The molecule has 1 fully saturated rings. The van der Waals surface area contributed by atoms with Crippen molar-refractivity contribution in [3.63, 3.8) is 0 Å². The van der Waals surface area contributed by atoms with Gasteiger partial charge in [-0.3, -0.25) is 9.78 Å². The summed E-state index contributed by atoms with van der Waals surface area (Å²) in [4.78, 5) is 20.8. The number of carbonyl (C=O) groups is 1. The van der Waals surface area contributed by atoms with Crippen LogP contribution in [0.15, 0.2) is 18.3 Å². The summed E-state index contributed by atoms with van der Waals surface area (Å²) in [5.74, 6) is 0.833. The van der Waals surface area contributed by atoms with Gasteiger partial charge in [0.05, 0.1) is 0 Å². The van der Waals surface area contributed by atoms with Crippen LogP contribution < -0.4 is 4.90 Å². The molecule has 1 aromatic heterocycles. The molecule has 21 heavy (non-hydrogen) atoms. The van der Waals surface area contributed by atoms with Crippen LogP contribution in [0.1, 0.15) is 50.0 Å². The van der Waals surface area contributed by atoms with Crippen LogP contribution in [0.3, 0.4) is 0 Å². The van der Waals surface area contributed by atoms with E-state index in [0.717, 1.165) is 44.1 Å². The Morgan fingerprint density at radius 1 is 1.43 bits per heavy atom. The monoisotopic (exact) mass is 289 g/mol. The minimum atomic E-state index is 0.0238. The number of carbonyl (C=O) groups excluding carboxylic acids is 1. The summed E-state index contributed by atoms with van der Waals surface area (Å²) >= 11 is 0. The van der Waals surface area contributed by atoms with Crippen LogP contribution in [-0.4, -0.2) is 42.5 Å². The fraction of sp³-hybridized carbons (Fsp3) is 0.647. The molecule has 1 aromatic rings. The molecule has 0 unspecified atom stereocenters. The van der Waals surface area contributed by atoms with E-state index in [0.29, 0.717) is 5.69 Å². The standard InChI is InChI=1S/C17H27N3O/c1-4-5-10-19(3)17(21)16-13-15(6-9-18-16)20-11-7-14(2)8-12-20/h6,9,13-14H,4-5,7-8,10-12H2,1-3H3. The Morgan fingerprint density at radius 3 is 2.81 bits per heavy atom. The van der Waals surface area contributed by atoms with Gasteiger partial charge in [0, 0.05) is 38.6 Å². The number of hydrogen-bond acceptors (Lipinski definition) is 3. The van der Waals surface area contributed by atoms with Crippen molar-refractivity contribution < 1.29 is 4.79 Å². The molecule has 4 heteroatoms. The Hall–Kier alpha value is -1.58. The molecule has 0 atom stereocenters. The van der Waals surface area contributed by atoms with E-state index in [9.17, 15) is 4.79 Å². The van der Waals surface area contributed by atoms with E-state index in [1.807, 2.05) is 19.2 Å². The van der Waals surface area contributed by atoms with Gasteiger partial charge >= 0.3 is 0 Å². The second-order valence-corrected chi connectivity index (χ2v) is 6.15. The maximum absolute atomic E-state index is 12.4. The first-order valence-corrected chi connectivity index (χ1v) is 8.08. The highest BCUT2D eigenvalue weighted by molar-refractivity contribution is 5.93. The van der Waals surface area contributed by atoms with Crippen molar-refractivity contribution in [1.82, 2.24) is 9.88 Å². The summed E-state index contributed by atoms with van der Waals surface area (Å²) in [6.45, 7) is 7.38. The third kappa shape index (κ3) is 4.19. The van der Waals surface area contributed by atoms with Crippen molar-refractivity contribution in [3.05, 3.63) is 24.0 Å². The molecule has 0 saturated carbocycles. The molecule has 1 saturated heterocycles. The van der Waals surface area contributed by atoms with E-state index in [4.69, 9.17) is 0 Å². The van der Waals surface area contributed by atoms with Crippen molar-refractivity contribution >= 4 is 11.6 Å². The van der Waals surface area contributed by atoms with E-state index in [-0.39, 0.29) is 5.91 Å². The Bertz CT molecular complexity index is 467.